The van der Waals surface area contributed by atoms with E-state index in [4.69, 9.17) is 21.3 Å². The van der Waals surface area contributed by atoms with Crippen molar-refractivity contribution in [3.05, 3.63) is 140 Å². The first kappa shape index (κ1) is 50.9. The number of benzene rings is 3. The Balaban J connectivity index is 0.768. The molecule has 3 aromatic heterocycles. The topological polar surface area (TPSA) is 169 Å². The molecule has 2 amide bonds. The molecule has 16 heteroatoms. The van der Waals surface area contributed by atoms with Crippen LogP contribution in [-0.2, 0) is 20.8 Å². The molecule has 3 N–H and O–H groups in total. The molecular formula is C56H66ClN9O5S. The quantitative estimate of drug-likeness (QED) is 0.0856. The van der Waals surface area contributed by atoms with Crippen LogP contribution in [0.4, 0.5) is 0 Å². The number of thiophene rings is 1. The first-order valence-electron chi connectivity index (χ1n) is 25.1. The Morgan fingerprint density at radius 2 is 1.61 bits per heavy atom. The maximum Gasteiger partial charge on any atom is 0.246 e. The summed E-state index contributed by atoms with van der Waals surface area (Å²) in [6.07, 6.45) is 5.74. The SMILES string of the molecule is Cc1sc2c(c1C)C(c1ccc(Cl)cc1)=N[C@@H](CC(=O)CC1CC(Oc3ccc(CC(=O)N[C@H](C(=O)N4C[C@H](O)C[C@H]4C(C)N[C@@H](C)c4ccc(-n5ccnc5C)cc4)C(C)(C)C)cc3)C1)c1nnc(C)n1-2. The fraction of sp³-hybridized carbons (Fsp3) is 0.446. The highest BCUT2D eigenvalue weighted by Gasteiger charge is 2.44. The number of fused-ring (bicyclic) bond motifs is 3. The summed E-state index contributed by atoms with van der Waals surface area (Å²) >= 11 is 7.97. The molecule has 3 aromatic carbocycles. The maximum absolute atomic E-state index is 14.4. The molecule has 72 heavy (non-hydrogen) atoms. The van der Waals surface area contributed by atoms with Crippen LogP contribution in [0.2, 0.25) is 5.02 Å². The molecule has 5 heterocycles. The van der Waals surface area contributed by atoms with E-state index in [0.29, 0.717) is 29.4 Å². The van der Waals surface area contributed by atoms with Gasteiger partial charge in [0.2, 0.25) is 11.8 Å². The molecule has 6 atom stereocenters. The lowest BCUT2D eigenvalue weighted by molar-refractivity contribution is -0.140. The molecule has 2 fully saturated rings. The van der Waals surface area contributed by atoms with Crippen LogP contribution in [0, 0.1) is 39.0 Å². The molecule has 6 aromatic rings. The summed E-state index contributed by atoms with van der Waals surface area (Å²) in [6, 6.07) is 21.8. The number of hydrogen-bond acceptors (Lipinski definition) is 11. The van der Waals surface area contributed by atoms with E-state index >= 15 is 0 Å². The molecule has 1 unspecified atom stereocenters. The number of β-amino-alcohol motifs (C(OH)–C–C–N with tert-alkyl or cyclic N) is 1. The smallest absolute Gasteiger partial charge is 0.246 e. The summed E-state index contributed by atoms with van der Waals surface area (Å²) in [5.41, 5.74) is 6.28. The Hall–Kier alpha value is -6.00. The van der Waals surface area contributed by atoms with Crippen LogP contribution in [-0.4, -0.2) is 94.5 Å². The highest BCUT2D eigenvalue weighted by molar-refractivity contribution is 7.15. The van der Waals surface area contributed by atoms with Crippen molar-refractivity contribution in [1.29, 1.82) is 0 Å². The van der Waals surface area contributed by atoms with Gasteiger partial charge in [-0.25, -0.2) is 4.98 Å². The molecule has 0 radical (unpaired) electrons. The van der Waals surface area contributed by atoms with Crippen molar-refractivity contribution >= 4 is 46.2 Å². The van der Waals surface area contributed by atoms with Crippen LogP contribution in [0.25, 0.3) is 10.7 Å². The van der Waals surface area contributed by atoms with Gasteiger partial charge in [0.05, 0.1) is 24.3 Å². The van der Waals surface area contributed by atoms with Crippen LogP contribution < -0.4 is 15.4 Å². The van der Waals surface area contributed by atoms with Crippen molar-refractivity contribution in [2.24, 2.45) is 16.3 Å². The van der Waals surface area contributed by atoms with E-state index in [1.807, 2.05) is 93.9 Å². The molecular weight excluding hydrogens is 946 g/mol. The van der Waals surface area contributed by atoms with Crippen molar-refractivity contribution in [3.8, 4) is 16.4 Å². The Labute approximate surface area is 431 Å². The highest BCUT2D eigenvalue weighted by atomic mass is 35.5. The molecule has 1 saturated carbocycles. The van der Waals surface area contributed by atoms with Gasteiger partial charge in [-0.2, -0.15) is 0 Å². The van der Waals surface area contributed by atoms with E-state index < -0.39 is 23.6 Å². The Morgan fingerprint density at radius 3 is 2.28 bits per heavy atom. The number of halogens is 1. The Bertz CT molecular complexity index is 2970. The minimum Gasteiger partial charge on any atom is -0.490 e. The van der Waals surface area contributed by atoms with Crippen molar-refractivity contribution in [2.75, 3.05) is 6.54 Å². The second-order valence-electron chi connectivity index (χ2n) is 21.2. The third-order valence-corrected chi connectivity index (χ3v) is 16.1. The van der Waals surface area contributed by atoms with Gasteiger partial charge in [-0.05, 0) is 125 Å². The lowest BCUT2D eigenvalue weighted by atomic mass is 9.78. The van der Waals surface area contributed by atoms with Gasteiger partial charge in [-0.1, -0.05) is 68.8 Å². The van der Waals surface area contributed by atoms with E-state index in [9.17, 15) is 19.5 Å². The summed E-state index contributed by atoms with van der Waals surface area (Å²) in [6.45, 7) is 18.3. The second-order valence-corrected chi connectivity index (χ2v) is 22.8. The number of rotatable bonds is 16. The molecule has 1 aliphatic carbocycles. The fourth-order valence-electron chi connectivity index (χ4n) is 10.5. The number of aromatic nitrogens is 5. The van der Waals surface area contributed by atoms with Crippen molar-refractivity contribution in [3.63, 3.8) is 0 Å². The standard InChI is InChI=1S/C56H66ClN9O5S/c1-31-34(4)72-55-50(31)51(40-12-16-41(57)17-13-40)60-47(53-63-62-36(6)66(53)55)28-43(67)24-38-25-46(26-38)71-45-20-10-37(11-21-45)27-49(69)61-52(56(7,8)9)54(70)65-30-44(68)29-48(65)33(3)59-32(2)39-14-18-42(19-15-39)64-23-22-58-35(64)5/h10-23,32-33,38,44,46-48,52,59,68H,24-30H2,1-9H3,(H,61,69)/t32-,33?,38?,44+,46?,47-,48-,52+/m0/s1. The van der Waals surface area contributed by atoms with Gasteiger partial charge < -0.3 is 29.9 Å². The number of aliphatic hydroxyl groups excluding tert-OH is 1. The van der Waals surface area contributed by atoms with Gasteiger partial charge in [-0.15, -0.1) is 21.5 Å². The molecule has 14 nitrogen and oxygen atoms in total. The summed E-state index contributed by atoms with van der Waals surface area (Å²) in [5, 5.41) is 28.3. The Kier molecular flexibility index (Phi) is 14.7. The number of carbonyl (C=O) groups is 3. The summed E-state index contributed by atoms with van der Waals surface area (Å²) in [4.78, 5) is 54.4. The lowest BCUT2D eigenvalue weighted by Gasteiger charge is -2.38. The zero-order valence-corrected chi connectivity index (χ0v) is 44.2. The molecule has 0 spiro atoms. The number of nitrogens with one attached hydrogen (secondary N) is 2. The minimum absolute atomic E-state index is 0.0149. The third kappa shape index (κ3) is 10.9. The van der Waals surface area contributed by atoms with E-state index in [-0.39, 0.29) is 67.1 Å². The molecule has 1 saturated heterocycles. The maximum atomic E-state index is 14.4. The number of aliphatic hydroxyl groups is 1. The van der Waals surface area contributed by atoms with E-state index in [1.54, 1.807) is 22.4 Å². The molecule has 3 aliphatic rings. The van der Waals surface area contributed by atoms with Gasteiger partial charge in [0.1, 0.15) is 40.3 Å². The number of imidazole rings is 1. The average Bonchev–Trinajstić information content (AvgIpc) is 4.10. The monoisotopic (exact) mass is 1010 g/mol. The summed E-state index contributed by atoms with van der Waals surface area (Å²) in [7, 11) is 0. The summed E-state index contributed by atoms with van der Waals surface area (Å²) in [5.74, 6) is 2.90. The van der Waals surface area contributed by atoms with Gasteiger partial charge >= 0.3 is 0 Å². The normalized spacial score (nSPS) is 20.9. The fourth-order valence-corrected chi connectivity index (χ4v) is 11.9. The van der Waals surface area contributed by atoms with E-state index in [2.05, 4.69) is 82.3 Å². The van der Waals surface area contributed by atoms with Crippen LogP contribution in [0.1, 0.15) is 129 Å². The Morgan fingerprint density at radius 1 is 0.903 bits per heavy atom. The van der Waals surface area contributed by atoms with Crippen LogP contribution in [0.5, 0.6) is 5.75 Å². The number of aryl methyl sites for hydroxylation is 3. The van der Waals surface area contributed by atoms with E-state index in [1.165, 1.54) is 4.88 Å². The van der Waals surface area contributed by atoms with Gasteiger partial charge in [-0.3, -0.25) is 23.9 Å². The van der Waals surface area contributed by atoms with Crippen LogP contribution >= 0.6 is 22.9 Å². The number of hydrogen-bond donors (Lipinski definition) is 3. The summed E-state index contributed by atoms with van der Waals surface area (Å²) < 4.78 is 10.4. The molecule has 378 valence electrons. The first-order chi connectivity index (χ1) is 34.3. The van der Waals surface area contributed by atoms with Crippen LogP contribution in [0.15, 0.2) is 90.2 Å². The minimum atomic E-state index is -0.804. The van der Waals surface area contributed by atoms with Crippen molar-refractivity contribution in [1.82, 2.24) is 39.8 Å². The predicted molar refractivity (Wildman–Crippen MR) is 282 cm³/mol. The molecule has 0 bridgehead atoms. The number of likely N-dealkylation sites (tertiary alicyclic amines) is 1. The third-order valence-electron chi connectivity index (χ3n) is 14.7. The number of ketones is 1. The zero-order chi connectivity index (χ0) is 51.2. The average molecular weight is 1010 g/mol. The van der Waals surface area contributed by atoms with Crippen LogP contribution in [0.3, 0.4) is 0 Å². The van der Waals surface area contributed by atoms with Gasteiger partial charge in [0, 0.05) is 76.6 Å². The second kappa shape index (κ2) is 20.9. The van der Waals surface area contributed by atoms with Crippen molar-refractivity contribution in [2.45, 2.75) is 143 Å². The number of aliphatic imine (C=N–C) groups is 1. The predicted octanol–water partition coefficient (Wildman–Crippen LogP) is 9.28. The zero-order valence-electron chi connectivity index (χ0n) is 42.6. The van der Waals surface area contributed by atoms with Crippen molar-refractivity contribution < 1.29 is 24.2 Å². The first-order valence-corrected chi connectivity index (χ1v) is 26.3. The number of carbonyl (C=O) groups excluding carboxylic acids is 3. The van der Waals surface area contributed by atoms with Gasteiger partial charge in [0.15, 0.2) is 5.82 Å². The number of nitrogens with zero attached hydrogens (tertiary/aromatic N) is 7. The molecule has 9 rings (SSSR count). The van der Waals surface area contributed by atoms with Gasteiger partial charge in [0.25, 0.3) is 0 Å². The van der Waals surface area contributed by atoms with E-state index in [0.717, 1.165) is 68.7 Å². The largest absolute Gasteiger partial charge is 0.490 e. The number of ether oxygens (including phenoxy) is 1. The number of Topliss-reactive ketones (excluding diaryl/α,β-unsaturated/α-hetero) is 1. The highest BCUT2D eigenvalue weighted by Crippen LogP contribution is 2.41. The number of amides is 2. The lowest BCUT2D eigenvalue weighted by Crippen LogP contribution is -2.58. The molecule has 2 aliphatic heterocycles.